The summed E-state index contributed by atoms with van der Waals surface area (Å²) in [6.07, 6.45) is 0.0380. The van der Waals surface area contributed by atoms with Gasteiger partial charge in [-0.25, -0.2) is 0 Å². The topological polar surface area (TPSA) is 80.4 Å². The highest BCUT2D eigenvalue weighted by Gasteiger charge is 2.18. The Kier molecular flexibility index (Phi) is 3.64. The molecule has 1 rings (SSSR count). The fourth-order valence-corrected chi connectivity index (χ4v) is 2.08. The van der Waals surface area contributed by atoms with E-state index in [1.165, 1.54) is 11.3 Å². The Bertz CT molecular complexity index is 305. The molecule has 0 radical (unpaired) electrons. The molecule has 0 saturated carbocycles. The van der Waals surface area contributed by atoms with Gasteiger partial charge in [-0.05, 0) is 11.4 Å². The fraction of sp³-hybridized carbons (Fsp3) is 0.333. The maximum atomic E-state index is 10.7. The van der Waals surface area contributed by atoms with Gasteiger partial charge in [0.15, 0.2) is 0 Å². The molecule has 14 heavy (non-hydrogen) atoms. The van der Waals surface area contributed by atoms with Crippen molar-refractivity contribution >= 4 is 23.2 Å². The third-order valence-corrected chi connectivity index (χ3v) is 2.85. The van der Waals surface area contributed by atoms with Gasteiger partial charge in [-0.1, -0.05) is 6.07 Å². The molecule has 0 aromatic carbocycles. The summed E-state index contributed by atoms with van der Waals surface area (Å²) < 4.78 is 0. The van der Waals surface area contributed by atoms with Crippen LogP contribution in [0.4, 0.5) is 0 Å². The normalized spacial score (nSPS) is 12.3. The van der Waals surface area contributed by atoms with E-state index in [0.717, 1.165) is 4.88 Å². The van der Waals surface area contributed by atoms with Crippen molar-refractivity contribution in [1.82, 2.24) is 0 Å². The second-order valence-corrected chi connectivity index (χ2v) is 3.96. The van der Waals surface area contributed by atoms with Gasteiger partial charge in [0.25, 0.3) is 0 Å². The highest BCUT2D eigenvalue weighted by molar-refractivity contribution is 7.10. The molecule has 1 aromatic rings. The van der Waals surface area contributed by atoms with Gasteiger partial charge in [0.1, 0.15) is 0 Å². The van der Waals surface area contributed by atoms with Crippen molar-refractivity contribution in [2.24, 2.45) is 5.73 Å². The summed E-state index contributed by atoms with van der Waals surface area (Å²) in [6.45, 7) is 0. The summed E-state index contributed by atoms with van der Waals surface area (Å²) in [5.74, 6) is -1.67. The number of carbonyl (C=O) groups is 2. The Labute approximate surface area is 85.4 Å². The standard InChI is InChI=1S/C9H11NO3S/c10-8(11)4-6(5-9(12)13)7-2-1-3-14-7/h1-3,6H,4-5H2,(H2,10,11)(H,12,13)/t6-/m1/s1. The zero-order chi connectivity index (χ0) is 10.6. The van der Waals surface area contributed by atoms with Crippen LogP contribution < -0.4 is 5.73 Å². The number of carboxylic acids is 1. The Balaban J connectivity index is 2.71. The molecule has 0 spiro atoms. The van der Waals surface area contributed by atoms with E-state index in [9.17, 15) is 9.59 Å². The van der Waals surface area contributed by atoms with Crippen molar-refractivity contribution in [1.29, 1.82) is 0 Å². The number of thiophene rings is 1. The molecule has 0 aliphatic rings. The maximum absolute atomic E-state index is 10.7. The van der Waals surface area contributed by atoms with Gasteiger partial charge in [-0.2, -0.15) is 0 Å². The molecular weight excluding hydrogens is 202 g/mol. The molecule has 76 valence electrons. The molecule has 1 heterocycles. The van der Waals surface area contributed by atoms with E-state index in [4.69, 9.17) is 10.8 Å². The largest absolute Gasteiger partial charge is 0.481 e. The first-order valence-electron chi connectivity index (χ1n) is 4.13. The minimum atomic E-state index is -0.912. The lowest BCUT2D eigenvalue weighted by Crippen LogP contribution is -2.16. The first kappa shape index (κ1) is 10.7. The van der Waals surface area contributed by atoms with Crippen molar-refractivity contribution in [2.45, 2.75) is 18.8 Å². The number of amides is 1. The molecule has 0 aliphatic heterocycles. The zero-order valence-corrected chi connectivity index (χ0v) is 8.29. The molecule has 0 fully saturated rings. The van der Waals surface area contributed by atoms with Crippen molar-refractivity contribution in [3.05, 3.63) is 22.4 Å². The number of carbonyl (C=O) groups excluding carboxylic acids is 1. The molecule has 0 saturated heterocycles. The molecule has 0 bridgehead atoms. The van der Waals surface area contributed by atoms with Crippen LogP contribution in [0.3, 0.4) is 0 Å². The predicted molar refractivity (Wildman–Crippen MR) is 53.1 cm³/mol. The lowest BCUT2D eigenvalue weighted by molar-refractivity contribution is -0.137. The van der Waals surface area contributed by atoms with Gasteiger partial charge < -0.3 is 10.8 Å². The van der Waals surface area contributed by atoms with E-state index in [1.54, 1.807) is 0 Å². The smallest absolute Gasteiger partial charge is 0.304 e. The second kappa shape index (κ2) is 4.76. The molecule has 0 unspecified atom stereocenters. The third-order valence-electron chi connectivity index (χ3n) is 1.81. The number of aliphatic carboxylic acids is 1. The van der Waals surface area contributed by atoms with E-state index < -0.39 is 11.9 Å². The van der Waals surface area contributed by atoms with Gasteiger partial charge in [-0.3, -0.25) is 9.59 Å². The summed E-state index contributed by atoms with van der Waals surface area (Å²) in [5.41, 5.74) is 5.05. The highest BCUT2D eigenvalue weighted by Crippen LogP contribution is 2.27. The molecule has 0 aliphatic carbocycles. The first-order valence-corrected chi connectivity index (χ1v) is 5.01. The SMILES string of the molecule is NC(=O)C[C@H](CC(=O)O)c1cccs1. The van der Waals surface area contributed by atoms with Crippen molar-refractivity contribution < 1.29 is 14.7 Å². The van der Waals surface area contributed by atoms with Crippen LogP contribution in [0.25, 0.3) is 0 Å². The van der Waals surface area contributed by atoms with E-state index in [0.29, 0.717) is 0 Å². The van der Waals surface area contributed by atoms with Gasteiger partial charge in [0.05, 0.1) is 6.42 Å². The summed E-state index contributed by atoms with van der Waals surface area (Å²) in [7, 11) is 0. The van der Waals surface area contributed by atoms with E-state index in [1.807, 2.05) is 17.5 Å². The van der Waals surface area contributed by atoms with Gasteiger partial charge in [0.2, 0.25) is 5.91 Å². The van der Waals surface area contributed by atoms with Crippen molar-refractivity contribution in [2.75, 3.05) is 0 Å². The monoisotopic (exact) mass is 213 g/mol. The van der Waals surface area contributed by atoms with Crippen LogP contribution >= 0.6 is 11.3 Å². The minimum absolute atomic E-state index is 0.0521. The number of primary amides is 1. The van der Waals surface area contributed by atoms with Crippen LogP contribution in [0.2, 0.25) is 0 Å². The van der Waals surface area contributed by atoms with Crippen LogP contribution in [0.1, 0.15) is 23.6 Å². The molecule has 5 heteroatoms. The van der Waals surface area contributed by atoms with E-state index >= 15 is 0 Å². The van der Waals surface area contributed by atoms with E-state index in [2.05, 4.69) is 0 Å². The Morgan fingerprint density at radius 2 is 2.21 bits per heavy atom. The maximum Gasteiger partial charge on any atom is 0.304 e. The first-order chi connectivity index (χ1) is 6.59. The van der Waals surface area contributed by atoms with Crippen molar-refractivity contribution in [3.8, 4) is 0 Å². The summed E-state index contributed by atoms with van der Waals surface area (Å²) in [4.78, 5) is 22.2. The lowest BCUT2D eigenvalue weighted by atomic mass is 9.99. The van der Waals surface area contributed by atoms with Crippen LogP contribution in [0, 0.1) is 0 Å². The van der Waals surface area contributed by atoms with Crippen LogP contribution in [-0.2, 0) is 9.59 Å². The summed E-state index contributed by atoms with van der Waals surface area (Å²) in [6, 6.07) is 3.65. The minimum Gasteiger partial charge on any atom is -0.481 e. The average molecular weight is 213 g/mol. The number of hydrogen-bond acceptors (Lipinski definition) is 3. The fourth-order valence-electron chi connectivity index (χ4n) is 1.25. The molecular formula is C9H11NO3S. The zero-order valence-electron chi connectivity index (χ0n) is 7.47. The quantitative estimate of drug-likeness (QED) is 0.770. The molecule has 1 atom stereocenters. The number of hydrogen-bond donors (Lipinski definition) is 2. The van der Waals surface area contributed by atoms with Crippen LogP contribution in [0.15, 0.2) is 17.5 Å². The van der Waals surface area contributed by atoms with Crippen LogP contribution in [-0.4, -0.2) is 17.0 Å². The van der Waals surface area contributed by atoms with Gasteiger partial charge in [0, 0.05) is 17.2 Å². The van der Waals surface area contributed by atoms with E-state index in [-0.39, 0.29) is 18.8 Å². The molecule has 4 nitrogen and oxygen atoms in total. The average Bonchev–Trinajstić information content (AvgIpc) is 2.52. The summed E-state index contributed by atoms with van der Waals surface area (Å²) >= 11 is 1.44. The van der Waals surface area contributed by atoms with Gasteiger partial charge >= 0.3 is 5.97 Å². The highest BCUT2D eigenvalue weighted by atomic mass is 32.1. The van der Waals surface area contributed by atoms with Crippen molar-refractivity contribution in [3.63, 3.8) is 0 Å². The van der Waals surface area contributed by atoms with Crippen LogP contribution in [0.5, 0.6) is 0 Å². The Morgan fingerprint density at radius 1 is 1.50 bits per heavy atom. The molecule has 3 N–H and O–H groups in total. The summed E-state index contributed by atoms with van der Waals surface area (Å²) in [5, 5.41) is 10.5. The Morgan fingerprint density at radius 3 is 2.64 bits per heavy atom. The Hall–Kier alpha value is -1.36. The molecule has 1 aromatic heterocycles. The second-order valence-electron chi connectivity index (χ2n) is 2.98. The lowest BCUT2D eigenvalue weighted by Gasteiger charge is -2.09. The van der Waals surface area contributed by atoms with Gasteiger partial charge in [-0.15, -0.1) is 11.3 Å². The number of rotatable bonds is 5. The predicted octanol–water partition coefficient (Wildman–Crippen LogP) is 1.18. The number of carboxylic acid groups (broad SMARTS) is 1. The third kappa shape index (κ3) is 3.18. The molecule has 1 amide bonds. The number of nitrogens with two attached hydrogens (primary N) is 1.